The summed E-state index contributed by atoms with van der Waals surface area (Å²) < 4.78 is 0. The maximum atomic E-state index is 8.61. The highest BCUT2D eigenvalue weighted by Gasteiger charge is 1.95. The van der Waals surface area contributed by atoms with Gasteiger partial charge in [-0.05, 0) is 24.3 Å². The molecule has 72 valence electrons. The van der Waals surface area contributed by atoms with E-state index in [1.54, 1.807) is 18.3 Å². The molecule has 1 N–H and O–H groups in total. The normalized spacial score (nSPS) is 9.27. The number of hydrogen-bond donors (Lipinski definition) is 1. The highest BCUT2D eigenvalue weighted by atomic mass is 15.0. The van der Waals surface area contributed by atoms with Crippen molar-refractivity contribution in [3.8, 4) is 6.07 Å². The van der Waals surface area contributed by atoms with Crippen LogP contribution in [0.2, 0.25) is 0 Å². The van der Waals surface area contributed by atoms with Gasteiger partial charge in [0.25, 0.3) is 0 Å². The van der Waals surface area contributed by atoms with Gasteiger partial charge in [0, 0.05) is 11.9 Å². The molecule has 3 heteroatoms. The van der Waals surface area contributed by atoms with Crippen molar-refractivity contribution in [3.05, 3.63) is 54.2 Å². The molecule has 0 saturated heterocycles. The standard InChI is InChI=1S/C12H9N3/c13-8-10-6-7-12(14-9-10)15-11-4-2-1-3-5-11/h1-7,9H,(H,14,15). The number of pyridine rings is 1. The maximum Gasteiger partial charge on any atom is 0.130 e. The molecule has 2 aromatic rings. The summed E-state index contributed by atoms with van der Waals surface area (Å²) in [5.41, 5.74) is 1.54. The van der Waals surface area contributed by atoms with Gasteiger partial charge in [-0.15, -0.1) is 0 Å². The van der Waals surface area contributed by atoms with Crippen LogP contribution in [-0.2, 0) is 0 Å². The number of rotatable bonds is 2. The lowest BCUT2D eigenvalue weighted by atomic mass is 10.3. The van der Waals surface area contributed by atoms with Gasteiger partial charge in [0.05, 0.1) is 5.56 Å². The Morgan fingerprint density at radius 2 is 1.87 bits per heavy atom. The van der Waals surface area contributed by atoms with Crippen molar-refractivity contribution in [3.63, 3.8) is 0 Å². The Balaban J connectivity index is 2.16. The summed E-state index contributed by atoms with van der Waals surface area (Å²) in [6, 6.07) is 15.3. The van der Waals surface area contributed by atoms with Gasteiger partial charge in [-0.2, -0.15) is 5.26 Å². The van der Waals surface area contributed by atoms with Crippen LogP contribution < -0.4 is 5.32 Å². The van der Waals surface area contributed by atoms with Crippen LogP contribution in [0.4, 0.5) is 11.5 Å². The number of nitrogens with one attached hydrogen (secondary N) is 1. The number of nitrogens with zero attached hydrogens (tertiary/aromatic N) is 2. The number of benzene rings is 1. The van der Waals surface area contributed by atoms with Gasteiger partial charge in [-0.1, -0.05) is 18.2 Å². The summed E-state index contributed by atoms with van der Waals surface area (Å²) in [6.07, 6.45) is 1.55. The number of hydrogen-bond acceptors (Lipinski definition) is 3. The Morgan fingerprint density at radius 1 is 1.07 bits per heavy atom. The first-order chi connectivity index (χ1) is 7.38. The Kier molecular flexibility index (Phi) is 2.61. The second-order valence-corrected chi connectivity index (χ2v) is 3.03. The Labute approximate surface area is 88.0 Å². The van der Waals surface area contributed by atoms with E-state index in [2.05, 4.69) is 10.3 Å². The minimum atomic E-state index is 0.564. The van der Waals surface area contributed by atoms with Crippen LogP contribution in [0.25, 0.3) is 0 Å². The van der Waals surface area contributed by atoms with Gasteiger partial charge in [-0.25, -0.2) is 4.98 Å². The van der Waals surface area contributed by atoms with Crippen LogP contribution in [0, 0.1) is 11.3 Å². The van der Waals surface area contributed by atoms with E-state index in [0.29, 0.717) is 5.56 Å². The van der Waals surface area contributed by atoms with E-state index in [4.69, 9.17) is 5.26 Å². The minimum Gasteiger partial charge on any atom is -0.340 e. The second kappa shape index (κ2) is 4.25. The Hall–Kier alpha value is -2.34. The largest absolute Gasteiger partial charge is 0.340 e. The first kappa shape index (κ1) is 9.22. The van der Waals surface area contributed by atoms with Crippen molar-refractivity contribution in [2.24, 2.45) is 0 Å². The van der Waals surface area contributed by atoms with Crippen LogP contribution in [0.5, 0.6) is 0 Å². The van der Waals surface area contributed by atoms with Crippen molar-refractivity contribution < 1.29 is 0 Å². The lowest BCUT2D eigenvalue weighted by molar-refractivity contribution is 1.29. The van der Waals surface area contributed by atoms with Crippen molar-refractivity contribution in [1.82, 2.24) is 4.98 Å². The molecule has 0 amide bonds. The second-order valence-electron chi connectivity index (χ2n) is 3.03. The molecule has 0 aliphatic heterocycles. The third-order valence-electron chi connectivity index (χ3n) is 1.94. The summed E-state index contributed by atoms with van der Waals surface area (Å²) in [4.78, 5) is 4.11. The fraction of sp³-hybridized carbons (Fsp3) is 0. The first-order valence-corrected chi connectivity index (χ1v) is 4.57. The molecule has 1 heterocycles. The molecule has 1 aromatic heterocycles. The van der Waals surface area contributed by atoms with E-state index < -0.39 is 0 Å². The highest BCUT2D eigenvalue weighted by Crippen LogP contribution is 2.13. The molecule has 2 rings (SSSR count). The van der Waals surface area contributed by atoms with E-state index in [1.807, 2.05) is 36.4 Å². The third kappa shape index (κ3) is 2.32. The molecule has 0 unspecified atom stereocenters. The fourth-order valence-electron chi connectivity index (χ4n) is 1.20. The van der Waals surface area contributed by atoms with Gasteiger partial charge >= 0.3 is 0 Å². The summed E-state index contributed by atoms with van der Waals surface area (Å²) in [5.74, 6) is 0.736. The van der Waals surface area contributed by atoms with Crippen LogP contribution in [0.3, 0.4) is 0 Å². The van der Waals surface area contributed by atoms with Crippen LogP contribution >= 0.6 is 0 Å². The monoisotopic (exact) mass is 195 g/mol. The molecule has 15 heavy (non-hydrogen) atoms. The molecule has 3 nitrogen and oxygen atoms in total. The zero-order valence-electron chi connectivity index (χ0n) is 8.01. The van der Waals surface area contributed by atoms with Crippen LogP contribution in [0.15, 0.2) is 48.7 Å². The molecule has 0 atom stereocenters. The minimum absolute atomic E-state index is 0.564. The van der Waals surface area contributed by atoms with Crippen LogP contribution in [-0.4, -0.2) is 4.98 Å². The van der Waals surface area contributed by atoms with Crippen LogP contribution in [0.1, 0.15) is 5.56 Å². The number of anilines is 2. The van der Waals surface area contributed by atoms with E-state index >= 15 is 0 Å². The van der Waals surface area contributed by atoms with E-state index in [-0.39, 0.29) is 0 Å². The van der Waals surface area contributed by atoms with E-state index in [1.165, 1.54) is 0 Å². The summed E-state index contributed by atoms with van der Waals surface area (Å²) in [6.45, 7) is 0. The van der Waals surface area contributed by atoms with Crippen molar-refractivity contribution >= 4 is 11.5 Å². The average Bonchev–Trinajstić information content (AvgIpc) is 2.31. The third-order valence-corrected chi connectivity index (χ3v) is 1.94. The molecule has 0 fully saturated rings. The summed E-state index contributed by atoms with van der Waals surface area (Å²) in [7, 11) is 0. The van der Waals surface area contributed by atoms with Gasteiger partial charge in [0.15, 0.2) is 0 Å². The van der Waals surface area contributed by atoms with Crippen molar-refractivity contribution in [2.45, 2.75) is 0 Å². The lowest BCUT2D eigenvalue weighted by Gasteiger charge is -2.04. The number of nitriles is 1. The van der Waals surface area contributed by atoms with Gasteiger partial charge in [-0.3, -0.25) is 0 Å². The molecule has 1 aromatic carbocycles. The predicted molar refractivity (Wildman–Crippen MR) is 58.7 cm³/mol. The topological polar surface area (TPSA) is 48.7 Å². The fourth-order valence-corrected chi connectivity index (χ4v) is 1.20. The van der Waals surface area contributed by atoms with Crippen molar-refractivity contribution in [2.75, 3.05) is 5.32 Å². The van der Waals surface area contributed by atoms with Gasteiger partial charge in [0.2, 0.25) is 0 Å². The van der Waals surface area contributed by atoms with E-state index in [9.17, 15) is 0 Å². The lowest BCUT2D eigenvalue weighted by Crippen LogP contribution is -1.92. The average molecular weight is 195 g/mol. The molecular formula is C12H9N3. The molecule has 0 radical (unpaired) electrons. The Bertz CT molecular complexity index is 468. The summed E-state index contributed by atoms with van der Waals surface area (Å²) >= 11 is 0. The molecule has 0 spiro atoms. The smallest absolute Gasteiger partial charge is 0.130 e. The van der Waals surface area contributed by atoms with Gasteiger partial charge in [0.1, 0.15) is 11.9 Å². The maximum absolute atomic E-state index is 8.61. The van der Waals surface area contributed by atoms with Gasteiger partial charge < -0.3 is 5.32 Å². The molecule has 0 aliphatic carbocycles. The van der Waals surface area contributed by atoms with E-state index in [0.717, 1.165) is 11.5 Å². The SMILES string of the molecule is N#Cc1ccc(Nc2ccccc2)nc1. The summed E-state index contributed by atoms with van der Waals surface area (Å²) in [5, 5.41) is 11.7. The number of aromatic nitrogens is 1. The number of para-hydroxylation sites is 1. The quantitative estimate of drug-likeness (QED) is 0.801. The first-order valence-electron chi connectivity index (χ1n) is 4.57. The highest BCUT2D eigenvalue weighted by molar-refractivity contribution is 5.55. The zero-order valence-corrected chi connectivity index (χ0v) is 8.01. The Morgan fingerprint density at radius 3 is 2.47 bits per heavy atom. The van der Waals surface area contributed by atoms with Crippen molar-refractivity contribution in [1.29, 1.82) is 5.26 Å². The molecular weight excluding hydrogens is 186 g/mol. The molecule has 0 aliphatic rings. The zero-order chi connectivity index (χ0) is 10.5. The molecule has 0 bridgehead atoms. The predicted octanol–water partition coefficient (Wildman–Crippen LogP) is 2.70. The molecule has 0 saturated carbocycles.